The summed E-state index contributed by atoms with van der Waals surface area (Å²) < 4.78 is 27.4. The van der Waals surface area contributed by atoms with Crippen molar-refractivity contribution in [3.8, 4) is 0 Å². The van der Waals surface area contributed by atoms with Gasteiger partial charge in [0, 0.05) is 18.8 Å². The number of rotatable bonds is 3. The monoisotopic (exact) mass is 310 g/mol. The van der Waals surface area contributed by atoms with Crippen molar-refractivity contribution in [1.82, 2.24) is 4.31 Å². The third-order valence-electron chi connectivity index (χ3n) is 4.95. The number of benzene rings is 1. The summed E-state index contributed by atoms with van der Waals surface area (Å²) in [4.78, 5) is 0.361. The van der Waals surface area contributed by atoms with Gasteiger partial charge in [0.2, 0.25) is 10.0 Å². The molecule has 0 unspecified atom stereocenters. The molecule has 21 heavy (non-hydrogen) atoms. The molecule has 0 bridgehead atoms. The maximum atomic E-state index is 12.9. The smallest absolute Gasteiger partial charge is 0.243 e. The number of nitrogen functional groups attached to an aromatic ring is 1. The molecule has 1 heterocycles. The van der Waals surface area contributed by atoms with Gasteiger partial charge in [0.25, 0.3) is 0 Å². The van der Waals surface area contributed by atoms with E-state index in [1.807, 2.05) is 13.0 Å². The van der Waals surface area contributed by atoms with E-state index in [4.69, 9.17) is 5.73 Å². The van der Waals surface area contributed by atoms with Crippen LogP contribution in [-0.4, -0.2) is 25.8 Å². The molecule has 0 spiro atoms. The number of nitrogens with two attached hydrogens (primary N) is 1. The molecule has 0 radical (unpaired) electrons. The first kappa shape index (κ1) is 16.3. The van der Waals surface area contributed by atoms with Gasteiger partial charge in [-0.2, -0.15) is 4.31 Å². The largest absolute Gasteiger partial charge is 0.398 e. The van der Waals surface area contributed by atoms with Crippen molar-refractivity contribution in [2.75, 3.05) is 18.8 Å². The molecular formula is C16H26N2O2S. The second-order valence-corrected chi connectivity index (χ2v) is 8.45. The highest BCUT2D eigenvalue weighted by atomic mass is 32.2. The lowest BCUT2D eigenvalue weighted by Crippen LogP contribution is -2.42. The lowest BCUT2D eigenvalue weighted by molar-refractivity contribution is 0.169. The summed E-state index contributed by atoms with van der Waals surface area (Å²) in [7, 11) is -3.44. The van der Waals surface area contributed by atoms with Crippen molar-refractivity contribution in [3.63, 3.8) is 0 Å². The zero-order chi connectivity index (χ0) is 15.8. The first-order valence-corrected chi connectivity index (χ1v) is 9.00. The molecule has 1 aromatic rings. The summed E-state index contributed by atoms with van der Waals surface area (Å²) in [6, 6.07) is 3.55. The number of nitrogens with zero attached hydrogens (tertiary/aromatic N) is 1. The summed E-state index contributed by atoms with van der Waals surface area (Å²) in [6.07, 6.45) is 2.93. The molecule has 0 atom stereocenters. The predicted octanol–water partition coefficient (Wildman–Crippen LogP) is 3.09. The topological polar surface area (TPSA) is 63.4 Å². The number of aryl methyl sites for hydroxylation is 1. The second-order valence-electron chi connectivity index (χ2n) is 6.55. The number of sulfonamides is 1. The quantitative estimate of drug-likeness (QED) is 0.873. The minimum Gasteiger partial charge on any atom is -0.398 e. The molecule has 1 aliphatic heterocycles. The fourth-order valence-corrected chi connectivity index (χ4v) is 4.66. The van der Waals surface area contributed by atoms with Gasteiger partial charge in [-0.05, 0) is 55.4 Å². The van der Waals surface area contributed by atoms with E-state index in [0.717, 1.165) is 24.8 Å². The Morgan fingerprint density at radius 1 is 1.24 bits per heavy atom. The van der Waals surface area contributed by atoms with Gasteiger partial charge in [-0.1, -0.05) is 20.3 Å². The SMILES string of the molecule is CCC1(C)CCN(S(=O)(=O)c2cc(C)cc(N)c2C)CC1. The van der Waals surface area contributed by atoms with Crippen LogP contribution in [0.4, 0.5) is 5.69 Å². The molecule has 0 aliphatic carbocycles. The number of hydrogen-bond donors (Lipinski definition) is 1. The highest BCUT2D eigenvalue weighted by Crippen LogP contribution is 2.36. The van der Waals surface area contributed by atoms with Gasteiger partial charge in [0.15, 0.2) is 0 Å². The average molecular weight is 310 g/mol. The van der Waals surface area contributed by atoms with E-state index in [9.17, 15) is 8.42 Å². The normalized spacial score (nSPS) is 19.6. The highest BCUT2D eigenvalue weighted by Gasteiger charge is 2.35. The van der Waals surface area contributed by atoms with E-state index >= 15 is 0 Å². The maximum absolute atomic E-state index is 12.9. The Morgan fingerprint density at radius 3 is 2.33 bits per heavy atom. The Labute approximate surface area is 128 Å². The molecule has 0 saturated carbocycles. The van der Waals surface area contributed by atoms with Gasteiger partial charge < -0.3 is 5.73 Å². The lowest BCUT2D eigenvalue weighted by Gasteiger charge is -2.38. The summed E-state index contributed by atoms with van der Waals surface area (Å²) >= 11 is 0. The van der Waals surface area contributed by atoms with Crippen molar-refractivity contribution < 1.29 is 8.42 Å². The zero-order valence-corrected chi connectivity index (χ0v) is 14.3. The molecule has 1 saturated heterocycles. The van der Waals surface area contributed by atoms with E-state index in [0.29, 0.717) is 29.2 Å². The summed E-state index contributed by atoms with van der Waals surface area (Å²) in [5.74, 6) is 0. The highest BCUT2D eigenvalue weighted by molar-refractivity contribution is 7.89. The minimum atomic E-state index is -3.44. The molecule has 2 rings (SSSR count). The van der Waals surface area contributed by atoms with Crippen molar-refractivity contribution in [3.05, 3.63) is 23.3 Å². The first-order chi connectivity index (χ1) is 9.69. The maximum Gasteiger partial charge on any atom is 0.243 e. The van der Waals surface area contributed by atoms with Crippen LogP contribution in [0.1, 0.15) is 44.2 Å². The number of hydrogen-bond acceptors (Lipinski definition) is 3. The molecule has 118 valence electrons. The third kappa shape index (κ3) is 3.09. The standard InChI is InChI=1S/C16H26N2O2S/c1-5-16(4)6-8-18(9-7-16)21(19,20)15-11-12(2)10-14(17)13(15)3/h10-11H,5-9,17H2,1-4H3. The fraction of sp³-hybridized carbons (Fsp3) is 0.625. The lowest BCUT2D eigenvalue weighted by atomic mass is 9.79. The Morgan fingerprint density at radius 2 is 1.81 bits per heavy atom. The van der Waals surface area contributed by atoms with E-state index < -0.39 is 10.0 Å². The number of anilines is 1. The van der Waals surface area contributed by atoms with Crippen LogP contribution in [0.2, 0.25) is 0 Å². The summed E-state index contributed by atoms with van der Waals surface area (Å²) in [5.41, 5.74) is 8.28. The molecule has 1 fully saturated rings. The molecule has 2 N–H and O–H groups in total. The second kappa shape index (κ2) is 5.61. The molecule has 1 aromatic carbocycles. The van der Waals surface area contributed by atoms with Gasteiger partial charge in [-0.3, -0.25) is 0 Å². The molecule has 0 amide bonds. The van der Waals surface area contributed by atoms with Crippen LogP contribution in [0, 0.1) is 19.3 Å². The zero-order valence-electron chi connectivity index (χ0n) is 13.4. The van der Waals surface area contributed by atoms with E-state index in [-0.39, 0.29) is 5.41 Å². The summed E-state index contributed by atoms with van der Waals surface area (Å²) in [5, 5.41) is 0. The minimum absolute atomic E-state index is 0.271. The number of piperidine rings is 1. The van der Waals surface area contributed by atoms with Crippen LogP contribution in [0.5, 0.6) is 0 Å². The van der Waals surface area contributed by atoms with Crippen molar-refractivity contribution in [2.45, 2.75) is 51.9 Å². The van der Waals surface area contributed by atoms with Crippen molar-refractivity contribution in [1.29, 1.82) is 0 Å². The van der Waals surface area contributed by atoms with Gasteiger partial charge >= 0.3 is 0 Å². The van der Waals surface area contributed by atoms with E-state index in [1.54, 1.807) is 17.3 Å². The molecule has 5 heteroatoms. The first-order valence-electron chi connectivity index (χ1n) is 7.56. The van der Waals surface area contributed by atoms with Gasteiger partial charge in [0.05, 0.1) is 4.90 Å². The predicted molar refractivity (Wildman–Crippen MR) is 86.7 cm³/mol. The van der Waals surface area contributed by atoms with Crippen molar-refractivity contribution in [2.24, 2.45) is 5.41 Å². The molecular weight excluding hydrogens is 284 g/mol. The van der Waals surface area contributed by atoms with Gasteiger partial charge in [-0.15, -0.1) is 0 Å². The molecule has 4 nitrogen and oxygen atoms in total. The van der Waals surface area contributed by atoms with Crippen LogP contribution in [-0.2, 0) is 10.0 Å². The Kier molecular flexibility index (Phi) is 4.36. The van der Waals surface area contributed by atoms with Crippen LogP contribution < -0.4 is 5.73 Å². The fourth-order valence-electron chi connectivity index (χ4n) is 2.88. The van der Waals surface area contributed by atoms with Gasteiger partial charge in [-0.25, -0.2) is 8.42 Å². The van der Waals surface area contributed by atoms with E-state index in [2.05, 4.69) is 13.8 Å². The molecule has 0 aromatic heterocycles. The molecule has 1 aliphatic rings. The Balaban J connectivity index is 2.32. The van der Waals surface area contributed by atoms with Gasteiger partial charge in [0.1, 0.15) is 0 Å². The summed E-state index contributed by atoms with van der Waals surface area (Å²) in [6.45, 7) is 9.27. The Bertz CT molecular complexity index is 630. The van der Waals surface area contributed by atoms with Crippen LogP contribution >= 0.6 is 0 Å². The van der Waals surface area contributed by atoms with E-state index in [1.165, 1.54) is 0 Å². The van der Waals surface area contributed by atoms with Crippen LogP contribution in [0.15, 0.2) is 17.0 Å². The van der Waals surface area contributed by atoms with Crippen LogP contribution in [0.25, 0.3) is 0 Å². The third-order valence-corrected chi connectivity index (χ3v) is 6.97. The van der Waals surface area contributed by atoms with Crippen LogP contribution in [0.3, 0.4) is 0 Å². The van der Waals surface area contributed by atoms with Crippen molar-refractivity contribution >= 4 is 15.7 Å². The average Bonchev–Trinajstić information content (AvgIpc) is 2.43. The Hall–Kier alpha value is -1.07.